The number of nitrogens with one attached hydrogen (secondary N) is 1. The number of hydrogen-bond donors (Lipinski definition) is 1. The zero-order chi connectivity index (χ0) is 10.2. The van der Waals surface area contributed by atoms with Gasteiger partial charge in [0.1, 0.15) is 0 Å². The summed E-state index contributed by atoms with van der Waals surface area (Å²) < 4.78 is 5.51. The average molecular weight is 200 g/mol. The molecule has 0 spiro atoms. The van der Waals surface area contributed by atoms with Crippen molar-refractivity contribution < 1.29 is 4.74 Å². The van der Waals surface area contributed by atoms with Crippen LogP contribution < -0.4 is 5.32 Å². The van der Waals surface area contributed by atoms with Crippen LogP contribution >= 0.6 is 0 Å². The molecule has 1 aliphatic heterocycles. The molecule has 1 heterocycles. The lowest BCUT2D eigenvalue weighted by molar-refractivity contribution is -0.00705. The monoisotopic (exact) mass is 200 g/mol. The molecule has 3 heteroatoms. The van der Waals surface area contributed by atoms with E-state index in [0.29, 0.717) is 6.04 Å². The molecule has 0 aromatic carbocycles. The zero-order valence-corrected chi connectivity index (χ0v) is 9.59. The van der Waals surface area contributed by atoms with E-state index in [1.807, 2.05) is 0 Å². The van der Waals surface area contributed by atoms with Crippen molar-refractivity contribution in [1.82, 2.24) is 10.2 Å². The third-order valence-electron chi connectivity index (χ3n) is 2.78. The Bertz CT molecular complexity index is 125. The van der Waals surface area contributed by atoms with E-state index in [-0.39, 0.29) is 0 Å². The van der Waals surface area contributed by atoms with Crippen molar-refractivity contribution in [3.63, 3.8) is 0 Å². The first-order chi connectivity index (χ1) is 6.88. The van der Waals surface area contributed by atoms with Gasteiger partial charge in [0.05, 0.1) is 13.2 Å². The van der Waals surface area contributed by atoms with Gasteiger partial charge in [-0.2, -0.15) is 0 Å². The number of hydrogen-bond acceptors (Lipinski definition) is 3. The summed E-state index contributed by atoms with van der Waals surface area (Å²) in [6.45, 7) is 10.7. The first-order valence-corrected chi connectivity index (χ1v) is 5.91. The molecule has 3 nitrogen and oxygen atoms in total. The second kappa shape index (κ2) is 7.21. The van der Waals surface area contributed by atoms with Crippen molar-refractivity contribution in [2.75, 3.05) is 39.4 Å². The van der Waals surface area contributed by atoms with E-state index >= 15 is 0 Å². The average Bonchev–Trinajstić information content (AvgIpc) is 2.24. The number of nitrogens with zero attached hydrogens (tertiary/aromatic N) is 1. The summed E-state index contributed by atoms with van der Waals surface area (Å²) in [7, 11) is 0. The summed E-state index contributed by atoms with van der Waals surface area (Å²) in [5, 5.41) is 3.40. The van der Waals surface area contributed by atoms with Crippen LogP contribution in [0.5, 0.6) is 0 Å². The number of ether oxygens (including phenoxy) is 1. The number of unbranched alkanes of at least 4 members (excludes halogenated alkanes) is 1. The maximum atomic E-state index is 5.51. The Morgan fingerprint density at radius 2 is 2.29 bits per heavy atom. The minimum absolute atomic E-state index is 0.593. The summed E-state index contributed by atoms with van der Waals surface area (Å²) in [5.41, 5.74) is 0. The van der Waals surface area contributed by atoms with E-state index in [1.165, 1.54) is 19.4 Å². The Morgan fingerprint density at radius 3 is 3.00 bits per heavy atom. The van der Waals surface area contributed by atoms with Crippen LogP contribution in [-0.4, -0.2) is 50.3 Å². The van der Waals surface area contributed by atoms with Gasteiger partial charge in [-0.05, 0) is 19.5 Å². The fraction of sp³-hybridized carbons (Fsp3) is 1.00. The molecular weight excluding hydrogens is 176 g/mol. The molecule has 1 fully saturated rings. The fourth-order valence-corrected chi connectivity index (χ4v) is 1.84. The standard InChI is InChI=1S/C11H24N2O/c1-3-5-6-13-7-8-14-10-11(13)9-12-4-2/h11-12H,3-10H2,1-2H3. The number of rotatable bonds is 6. The van der Waals surface area contributed by atoms with Crippen LogP contribution in [0, 0.1) is 0 Å². The predicted molar refractivity (Wildman–Crippen MR) is 59.6 cm³/mol. The Hall–Kier alpha value is -0.120. The van der Waals surface area contributed by atoms with E-state index in [4.69, 9.17) is 4.74 Å². The SMILES string of the molecule is CCCCN1CCOCC1CNCC. The van der Waals surface area contributed by atoms with Gasteiger partial charge >= 0.3 is 0 Å². The fourth-order valence-electron chi connectivity index (χ4n) is 1.84. The van der Waals surface area contributed by atoms with Gasteiger partial charge in [0.25, 0.3) is 0 Å². The summed E-state index contributed by atoms with van der Waals surface area (Å²) in [5.74, 6) is 0. The van der Waals surface area contributed by atoms with Gasteiger partial charge in [0, 0.05) is 19.1 Å². The van der Waals surface area contributed by atoms with Gasteiger partial charge in [-0.3, -0.25) is 4.90 Å². The van der Waals surface area contributed by atoms with Gasteiger partial charge in [-0.1, -0.05) is 20.3 Å². The quantitative estimate of drug-likeness (QED) is 0.695. The molecule has 0 saturated carbocycles. The highest BCUT2D eigenvalue weighted by molar-refractivity contribution is 4.76. The first kappa shape index (κ1) is 12.0. The highest BCUT2D eigenvalue weighted by Gasteiger charge is 2.21. The Labute approximate surface area is 87.8 Å². The van der Waals surface area contributed by atoms with Gasteiger partial charge in [-0.25, -0.2) is 0 Å². The molecule has 0 aromatic heterocycles. The number of morpholine rings is 1. The summed E-state index contributed by atoms with van der Waals surface area (Å²) in [6, 6.07) is 0.593. The molecule has 14 heavy (non-hydrogen) atoms. The van der Waals surface area contributed by atoms with E-state index in [9.17, 15) is 0 Å². The molecule has 1 N–H and O–H groups in total. The van der Waals surface area contributed by atoms with Gasteiger partial charge < -0.3 is 10.1 Å². The topological polar surface area (TPSA) is 24.5 Å². The van der Waals surface area contributed by atoms with Crippen LogP contribution in [0.2, 0.25) is 0 Å². The minimum atomic E-state index is 0.593. The van der Waals surface area contributed by atoms with Gasteiger partial charge in [-0.15, -0.1) is 0 Å². The predicted octanol–water partition coefficient (Wildman–Crippen LogP) is 1.10. The van der Waals surface area contributed by atoms with E-state index in [0.717, 1.165) is 32.8 Å². The smallest absolute Gasteiger partial charge is 0.0634 e. The summed E-state index contributed by atoms with van der Waals surface area (Å²) >= 11 is 0. The molecule has 0 aliphatic carbocycles. The van der Waals surface area contributed by atoms with E-state index < -0.39 is 0 Å². The van der Waals surface area contributed by atoms with Crippen LogP contribution in [0.15, 0.2) is 0 Å². The highest BCUT2D eigenvalue weighted by Crippen LogP contribution is 2.07. The Balaban J connectivity index is 2.26. The van der Waals surface area contributed by atoms with Crippen LogP contribution in [0.25, 0.3) is 0 Å². The molecule has 1 rings (SSSR count). The third kappa shape index (κ3) is 3.95. The zero-order valence-electron chi connectivity index (χ0n) is 9.59. The second-order valence-corrected chi connectivity index (χ2v) is 3.93. The lowest BCUT2D eigenvalue weighted by atomic mass is 10.2. The molecule has 1 atom stereocenters. The van der Waals surface area contributed by atoms with Crippen molar-refractivity contribution in [3.8, 4) is 0 Å². The second-order valence-electron chi connectivity index (χ2n) is 3.93. The Morgan fingerprint density at radius 1 is 1.43 bits per heavy atom. The largest absolute Gasteiger partial charge is 0.378 e. The van der Waals surface area contributed by atoms with Crippen molar-refractivity contribution in [3.05, 3.63) is 0 Å². The molecular formula is C11H24N2O. The molecule has 0 amide bonds. The van der Waals surface area contributed by atoms with Crippen molar-refractivity contribution >= 4 is 0 Å². The Kier molecular flexibility index (Phi) is 6.15. The highest BCUT2D eigenvalue weighted by atomic mass is 16.5. The first-order valence-electron chi connectivity index (χ1n) is 5.91. The third-order valence-corrected chi connectivity index (χ3v) is 2.78. The molecule has 1 aliphatic rings. The molecule has 0 aromatic rings. The lowest BCUT2D eigenvalue weighted by Crippen LogP contribution is -2.50. The normalized spacial score (nSPS) is 24.0. The summed E-state index contributed by atoms with van der Waals surface area (Å²) in [6.07, 6.45) is 2.59. The lowest BCUT2D eigenvalue weighted by Gasteiger charge is -2.35. The van der Waals surface area contributed by atoms with Gasteiger partial charge in [0.2, 0.25) is 0 Å². The summed E-state index contributed by atoms with van der Waals surface area (Å²) in [4.78, 5) is 2.57. The number of likely N-dealkylation sites (N-methyl/N-ethyl adjacent to an activating group) is 1. The minimum Gasteiger partial charge on any atom is -0.378 e. The van der Waals surface area contributed by atoms with Crippen LogP contribution in [0.3, 0.4) is 0 Å². The molecule has 1 saturated heterocycles. The van der Waals surface area contributed by atoms with Crippen molar-refractivity contribution in [1.29, 1.82) is 0 Å². The van der Waals surface area contributed by atoms with Crippen molar-refractivity contribution in [2.24, 2.45) is 0 Å². The van der Waals surface area contributed by atoms with E-state index in [2.05, 4.69) is 24.1 Å². The molecule has 1 unspecified atom stereocenters. The van der Waals surface area contributed by atoms with E-state index in [1.54, 1.807) is 0 Å². The maximum Gasteiger partial charge on any atom is 0.0634 e. The maximum absolute atomic E-state index is 5.51. The molecule has 0 bridgehead atoms. The van der Waals surface area contributed by atoms with Crippen LogP contribution in [0.1, 0.15) is 26.7 Å². The van der Waals surface area contributed by atoms with Gasteiger partial charge in [0.15, 0.2) is 0 Å². The van der Waals surface area contributed by atoms with Crippen molar-refractivity contribution in [2.45, 2.75) is 32.7 Å². The van der Waals surface area contributed by atoms with Crippen LogP contribution in [0.4, 0.5) is 0 Å². The molecule has 84 valence electrons. The van der Waals surface area contributed by atoms with Crippen LogP contribution in [-0.2, 0) is 4.74 Å². The molecule has 0 radical (unpaired) electrons.